The molecule has 0 aliphatic carbocycles. The zero-order chi connectivity index (χ0) is 16.5. The summed E-state index contributed by atoms with van der Waals surface area (Å²) in [5.74, 6) is 1.43. The quantitative estimate of drug-likeness (QED) is 0.266. The van der Waals surface area contributed by atoms with E-state index in [0.717, 1.165) is 44.9 Å². The van der Waals surface area contributed by atoms with E-state index in [9.17, 15) is 0 Å². The van der Waals surface area contributed by atoms with Crippen molar-refractivity contribution >= 4 is 53.1 Å². The summed E-state index contributed by atoms with van der Waals surface area (Å²) in [6.45, 7) is 2.98. The Kier molecular flexibility index (Phi) is 10.8. The summed E-state index contributed by atoms with van der Waals surface area (Å²) in [7, 11) is 1.76. The highest BCUT2D eigenvalue weighted by Crippen LogP contribution is 2.27. The summed E-state index contributed by atoms with van der Waals surface area (Å²) >= 11 is 11.9. The van der Waals surface area contributed by atoms with Crippen LogP contribution >= 0.6 is 47.2 Å². The van der Waals surface area contributed by atoms with Crippen molar-refractivity contribution < 1.29 is 9.47 Å². The third kappa shape index (κ3) is 7.63. The van der Waals surface area contributed by atoms with Crippen molar-refractivity contribution in [3.63, 3.8) is 0 Å². The molecule has 5 nitrogen and oxygen atoms in total. The number of halogens is 3. The fourth-order valence-electron chi connectivity index (χ4n) is 2.29. The van der Waals surface area contributed by atoms with Crippen LogP contribution in [0.25, 0.3) is 0 Å². The standard InChI is InChI=1S/C16H23Cl2N3O2.HI/c1-19-16(21-11-13-4-2-8-22-13)20-7-3-9-23-15-6-5-12(17)10-14(15)18;/h5-6,10,13H,2-4,7-9,11H2,1H3,(H2,19,20,21);1H. The van der Waals surface area contributed by atoms with Crippen molar-refractivity contribution in [1.82, 2.24) is 10.6 Å². The molecule has 0 amide bonds. The molecule has 0 bridgehead atoms. The Morgan fingerprint density at radius 2 is 2.21 bits per heavy atom. The number of nitrogens with zero attached hydrogens (tertiary/aromatic N) is 1. The van der Waals surface area contributed by atoms with E-state index in [4.69, 9.17) is 32.7 Å². The number of benzene rings is 1. The monoisotopic (exact) mass is 487 g/mol. The van der Waals surface area contributed by atoms with Crippen LogP contribution < -0.4 is 15.4 Å². The predicted molar refractivity (Wildman–Crippen MR) is 110 cm³/mol. The van der Waals surface area contributed by atoms with E-state index in [-0.39, 0.29) is 24.0 Å². The van der Waals surface area contributed by atoms with Crippen LogP contribution in [0, 0.1) is 0 Å². The van der Waals surface area contributed by atoms with E-state index in [0.29, 0.717) is 28.5 Å². The van der Waals surface area contributed by atoms with Crippen LogP contribution in [0.15, 0.2) is 23.2 Å². The second kappa shape index (κ2) is 12.0. The van der Waals surface area contributed by atoms with Crippen molar-refractivity contribution in [1.29, 1.82) is 0 Å². The summed E-state index contributed by atoms with van der Waals surface area (Å²) in [6.07, 6.45) is 3.38. The molecule has 1 fully saturated rings. The topological polar surface area (TPSA) is 54.9 Å². The summed E-state index contributed by atoms with van der Waals surface area (Å²) in [6, 6.07) is 5.21. The zero-order valence-electron chi connectivity index (χ0n) is 13.7. The molecule has 1 aromatic carbocycles. The summed E-state index contributed by atoms with van der Waals surface area (Å²) in [5.41, 5.74) is 0. The number of rotatable bonds is 7. The molecular formula is C16H24Cl2IN3O2. The Morgan fingerprint density at radius 1 is 1.38 bits per heavy atom. The molecule has 1 heterocycles. The van der Waals surface area contributed by atoms with Gasteiger partial charge in [-0.2, -0.15) is 0 Å². The molecule has 2 N–H and O–H groups in total. The highest BCUT2D eigenvalue weighted by Gasteiger charge is 2.15. The van der Waals surface area contributed by atoms with Crippen LogP contribution in [0.1, 0.15) is 19.3 Å². The van der Waals surface area contributed by atoms with Crippen LogP contribution in [0.4, 0.5) is 0 Å². The van der Waals surface area contributed by atoms with Gasteiger partial charge in [-0.15, -0.1) is 24.0 Å². The molecule has 0 radical (unpaired) electrons. The first-order valence-corrected chi connectivity index (χ1v) is 8.58. The average molecular weight is 488 g/mol. The molecule has 1 aliphatic heterocycles. The van der Waals surface area contributed by atoms with Gasteiger partial charge in [-0.25, -0.2) is 0 Å². The van der Waals surface area contributed by atoms with Gasteiger partial charge < -0.3 is 20.1 Å². The second-order valence-electron chi connectivity index (χ2n) is 5.29. The summed E-state index contributed by atoms with van der Waals surface area (Å²) < 4.78 is 11.2. The van der Waals surface area contributed by atoms with Crippen molar-refractivity contribution in [3.8, 4) is 5.75 Å². The third-order valence-corrected chi connectivity index (χ3v) is 4.04. The fourth-order valence-corrected chi connectivity index (χ4v) is 2.75. The highest BCUT2D eigenvalue weighted by molar-refractivity contribution is 14.0. The van der Waals surface area contributed by atoms with Crippen LogP contribution in [0.2, 0.25) is 10.0 Å². The van der Waals surface area contributed by atoms with Crippen LogP contribution in [-0.4, -0.2) is 45.4 Å². The molecule has 8 heteroatoms. The SMILES string of the molecule is CN=C(NCCCOc1ccc(Cl)cc1Cl)NCC1CCCO1.I. The predicted octanol–water partition coefficient (Wildman–Crippen LogP) is 3.72. The van der Waals surface area contributed by atoms with Crippen molar-refractivity contribution in [2.75, 3.05) is 33.4 Å². The zero-order valence-corrected chi connectivity index (χ0v) is 17.5. The summed E-state index contributed by atoms with van der Waals surface area (Å²) in [5, 5.41) is 7.65. The Labute approximate surface area is 170 Å². The lowest BCUT2D eigenvalue weighted by atomic mass is 10.2. The smallest absolute Gasteiger partial charge is 0.191 e. The molecule has 2 rings (SSSR count). The minimum absolute atomic E-state index is 0. The maximum Gasteiger partial charge on any atom is 0.191 e. The molecule has 0 aromatic heterocycles. The minimum Gasteiger partial charge on any atom is -0.492 e. The minimum atomic E-state index is 0. The van der Waals surface area contributed by atoms with Gasteiger partial charge in [0.25, 0.3) is 0 Å². The molecule has 1 aliphatic rings. The molecule has 1 unspecified atom stereocenters. The van der Waals surface area contributed by atoms with Crippen LogP contribution in [0.3, 0.4) is 0 Å². The first kappa shape index (κ1) is 21.6. The highest BCUT2D eigenvalue weighted by atomic mass is 127. The largest absolute Gasteiger partial charge is 0.492 e. The van der Waals surface area contributed by atoms with Gasteiger partial charge in [-0.1, -0.05) is 23.2 Å². The van der Waals surface area contributed by atoms with Crippen molar-refractivity contribution in [3.05, 3.63) is 28.2 Å². The third-order valence-electron chi connectivity index (χ3n) is 3.51. The Bertz CT molecular complexity index is 526. The Hall–Kier alpha value is -0.440. The number of guanidine groups is 1. The average Bonchev–Trinajstić information content (AvgIpc) is 3.05. The van der Waals surface area contributed by atoms with Gasteiger partial charge in [0, 0.05) is 31.8 Å². The number of hydrogen-bond donors (Lipinski definition) is 2. The number of nitrogens with one attached hydrogen (secondary N) is 2. The lowest BCUT2D eigenvalue weighted by Crippen LogP contribution is -2.41. The van der Waals surface area contributed by atoms with Gasteiger partial charge in [0.1, 0.15) is 5.75 Å². The van der Waals surface area contributed by atoms with Crippen molar-refractivity contribution in [2.24, 2.45) is 4.99 Å². The van der Waals surface area contributed by atoms with Crippen LogP contribution in [0.5, 0.6) is 5.75 Å². The maximum atomic E-state index is 6.05. The van der Waals surface area contributed by atoms with E-state index >= 15 is 0 Å². The van der Waals surface area contributed by atoms with E-state index < -0.39 is 0 Å². The molecule has 136 valence electrons. The normalized spacial score (nSPS) is 17.3. The maximum absolute atomic E-state index is 6.05. The molecule has 24 heavy (non-hydrogen) atoms. The Balaban J connectivity index is 0.00000288. The van der Waals surface area contributed by atoms with E-state index in [2.05, 4.69) is 15.6 Å². The number of hydrogen-bond acceptors (Lipinski definition) is 3. The molecular weight excluding hydrogens is 464 g/mol. The lowest BCUT2D eigenvalue weighted by molar-refractivity contribution is 0.114. The fraction of sp³-hybridized carbons (Fsp3) is 0.562. The molecule has 0 spiro atoms. The van der Waals surface area contributed by atoms with Gasteiger partial charge in [0.15, 0.2) is 5.96 Å². The second-order valence-corrected chi connectivity index (χ2v) is 6.14. The molecule has 1 aromatic rings. The van der Waals surface area contributed by atoms with Gasteiger partial charge in [-0.3, -0.25) is 4.99 Å². The number of aliphatic imine (C=N–C) groups is 1. The first-order chi connectivity index (χ1) is 11.2. The summed E-state index contributed by atoms with van der Waals surface area (Å²) in [4.78, 5) is 4.19. The molecule has 1 saturated heterocycles. The number of ether oxygens (including phenoxy) is 2. The van der Waals surface area contributed by atoms with Gasteiger partial charge in [0.2, 0.25) is 0 Å². The van der Waals surface area contributed by atoms with E-state index in [1.807, 2.05) is 0 Å². The molecule has 0 saturated carbocycles. The van der Waals surface area contributed by atoms with Gasteiger partial charge in [-0.05, 0) is 37.5 Å². The van der Waals surface area contributed by atoms with Gasteiger partial charge >= 0.3 is 0 Å². The Morgan fingerprint density at radius 3 is 2.88 bits per heavy atom. The van der Waals surface area contributed by atoms with Crippen LogP contribution in [-0.2, 0) is 4.74 Å². The first-order valence-electron chi connectivity index (χ1n) is 7.83. The van der Waals surface area contributed by atoms with Crippen molar-refractivity contribution in [2.45, 2.75) is 25.4 Å². The van der Waals surface area contributed by atoms with E-state index in [1.165, 1.54) is 0 Å². The lowest BCUT2D eigenvalue weighted by Gasteiger charge is -2.15. The van der Waals surface area contributed by atoms with Gasteiger partial charge in [0.05, 0.1) is 17.7 Å². The molecule has 1 atom stereocenters. The van der Waals surface area contributed by atoms with E-state index in [1.54, 1.807) is 25.2 Å².